The molecule has 0 aliphatic carbocycles. The maximum absolute atomic E-state index is 12.1. The van der Waals surface area contributed by atoms with Crippen LogP contribution in [-0.2, 0) is 12.0 Å². The summed E-state index contributed by atoms with van der Waals surface area (Å²) < 4.78 is 0. The molecule has 0 atom stereocenters. The van der Waals surface area contributed by atoms with Crippen LogP contribution >= 0.6 is 22.9 Å². The van der Waals surface area contributed by atoms with Crippen LogP contribution in [-0.4, -0.2) is 17.4 Å². The summed E-state index contributed by atoms with van der Waals surface area (Å²) in [6.07, 6.45) is 0. The van der Waals surface area contributed by atoms with E-state index in [2.05, 4.69) is 24.1 Å². The molecule has 0 bridgehead atoms. The number of amides is 1. The third kappa shape index (κ3) is 4.03. The van der Waals surface area contributed by atoms with E-state index in [4.69, 9.17) is 17.3 Å². The van der Waals surface area contributed by atoms with Crippen molar-refractivity contribution in [1.82, 2.24) is 10.3 Å². The molecule has 0 unspecified atom stereocenters. The standard InChI is InChI=1S/C15H18ClN3OS/c1-15(2,10-3-5-11(16)6-4-10)9-18-14(20)12-8-21-13(7-17)19-12/h3-6,8H,7,9,17H2,1-2H3,(H,18,20). The largest absolute Gasteiger partial charge is 0.350 e. The van der Waals surface area contributed by atoms with Gasteiger partial charge in [0.05, 0.1) is 0 Å². The predicted octanol–water partition coefficient (Wildman–Crippen LogP) is 2.96. The second-order valence-electron chi connectivity index (χ2n) is 5.40. The van der Waals surface area contributed by atoms with Gasteiger partial charge in [-0.1, -0.05) is 37.6 Å². The van der Waals surface area contributed by atoms with Gasteiger partial charge in [-0.2, -0.15) is 0 Å². The van der Waals surface area contributed by atoms with Gasteiger partial charge < -0.3 is 11.1 Å². The Morgan fingerprint density at radius 2 is 2.05 bits per heavy atom. The van der Waals surface area contributed by atoms with Crippen LogP contribution in [0.25, 0.3) is 0 Å². The fraction of sp³-hybridized carbons (Fsp3) is 0.333. The van der Waals surface area contributed by atoms with Crippen LogP contribution in [0.15, 0.2) is 29.6 Å². The van der Waals surface area contributed by atoms with Crippen LogP contribution in [0.5, 0.6) is 0 Å². The molecule has 0 saturated carbocycles. The molecule has 0 aliphatic rings. The molecule has 0 radical (unpaired) electrons. The highest BCUT2D eigenvalue weighted by Crippen LogP contribution is 2.24. The molecule has 4 nitrogen and oxygen atoms in total. The van der Waals surface area contributed by atoms with Gasteiger partial charge >= 0.3 is 0 Å². The molecule has 3 N–H and O–H groups in total. The first kappa shape index (κ1) is 15.9. The third-order valence-electron chi connectivity index (χ3n) is 3.28. The fourth-order valence-corrected chi connectivity index (χ4v) is 2.68. The Morgan fingerprint density at radius 3 is 2.62 bits per heavy atom. The van der Waals surface area contributed by atoms with E-state index in [-0.39, 0.29) is 11.3 Å². The normalized spacial score (nSPS) is 11.4. The van der Waals surface area contributed by atoms with Gasteiger partial charge in [0.2, 0.25) is 0 Å². The predicted molar refractivity (Wildman–Crippen MR) is 86.8 cm³/mol. The zero-order chi connectivity index (χ0) is 15.5. The molecular weight excluding hydrogens is 306 g/mol. The molecule has 21 heavy (non-hydrogen) atoms. The van der Waals surface area contributed by atoms with Crippen molar-refractivity contribution in [3.8, 4) is 0 Å². The van der Waals surface area contributed by atoms with Gasteiger partial charge in [-0.3, -0.25) is 4.79 Å². The fourth-order valence-electron chi connectivity index (χ4n) is 1.90. The number of carbonyl (C=O) groups excluding carboxylic acids is 1. The van der Waals surface area contributed by atoms with E-state index in [1.165, 1.54) is 11.3 Å². The third-order valence-corrected chi connectivity index (χ3v) is 4.40. The lowest BCUT2D eigenvalue weighted by molar-refractivity contribution is 0.0941. The summed E-state index contributed by atoms with van der Waals surface area (Å²) in [5.74, 6) is -0.173. The van der Waals surface area contributed by atoms with Crippen molar-refractivity contribution in [3.05, 3.63) is 50.9 Å². The Labute approximate surface area is 133 Å². The smallest absolute Gasteiger partial charge is 0.270 e. The highest BCUT2D eigenvalue weighted by atomic mass is 35.5. The summed E-state index contributed by atoms with van der Waals surface area (Å²) in [5.41, 5.74) is 6.85. The summed E-state index contributed by atoms with van der Waals surface area (Å²) in [6.45, 7) is 5.02. The number of halogens is 1. The Balaban J connectivity index is 2.00. The zero-order valence-corrected chi connectivity index (χ0v) is 13.6. The lowest BCUT2D eigenvalue weighted by Crippen LogP contribution is -2.36. The lowest BCUT2D eigenvalue weighted by Gasteiger charge is -2.25. The number of thiazole rings is 1. The van der Waals surface area contributed by atoms with Crippen molar-refractivity contribution in [2.75, 3.05) is 6.54 Å². The number of nitrogens with one attached hydrogen (secondary N) is 1. The van der Waals surface area contributed by atoms with Crippen molar-refractivity contribution in [3.63, 3.8) is 0 Å². The number of aromatic nitrogens is 1. The highest BCUT2D eigenvalue weighted by Gasteiger charge is 2.22. The second-order valence-corrected chi connectivity index (χ2v) is 6.78. The quantitative estimate of drug-likeness (QED) is 0.889. The summed E-state index contributed by atoms with van der Waals surface area (Å²) in [7, 11) is 0. The SMILES string of the molecule is CC(C)(CNC(=O)c1csc(CN)n1)c1ccc(Cl)cc1. The van der Waals surface area contributed by atoms with Crippen molar-refractivity contribution >= 4 is 28.8 Å². The van der Waals surface area contributed by atoms with Crippen molar-refractivity contribution in [2.45, 2.75) is 25.8 Å². The summed E-state index contributed by atoms with van der Waals surface area (Å²) >= 11 is 7.30. The molecular formula is C15H18ClN3OS. The molecule has 1 aromatic carbocycles. The van der Waals surface area contributed by atoms with Gasteiger partial charge in [-0.25, -0.2) is 4.98 Å². The number of nitrogens with zero attached hydrogens (tertiary/aromatic N) is 1. The number of hydrogen-bond donors (Lipinski definition) is 2. The lowest BCUT2D eigenvalue weighted by atomic mass is 9.84. The molecule has 1 aromatic heterocycles. The molecule has 1 heterocycles. The molecule has 1 amide bonds. The van der Waals surface area contributed by atoms with Crippen LogP contribution in [0.4, 0.5) is 0 Å². The van der Waals surface area contributed by atoms with E-state index >= 15 is 0 Å². The molecule has 2 rings (SSSR count). The van der Waals surface area contributed by atoms with Gasteiger partial charge in [0, 0.05) is 28.9 Å². The zero-order valence-electron chi connectivity index (χ0n) is 12.0. The van der Waals surface area contributed by atoms with Crippen LogP contribution in [0.1, 0.15) is 34.9 Å². The topological polar surface area (TPSA) is 68.0 Å². The summed E-state index contributed by atoms with van der Waals surface area (Å²) in [5, 5.41) is 6.12. The molecule has 112 valence electrons. The monoisotopic (exact) mass is 323 g/mol. The maximum atomic E-state index is 12.1. The summed E-state index contributed by atoms with van der Waals surface area (Å²) in [6, 6.07) is 7.66. The number of nitrogens with two attached hydrogens (primary N) is 1. The van der Waals surface area contributed by atoms with E-state index in [0.717, 1.165) is 10.6 Å². The van der Waals surface area contributed by atoms with Gasteiger partial charge in [0.25, 0.3) is 5.91 Å². The van der Waals surface area contributed by atoms with Gasteiger partial charge in [0.1, 0.15) is 10.7 Å². The minimum atomic E-state index is -0.188. The Bertz CT molecular complexity index is 622. The van der Waals surface area contributed by atoms with Crippen molar-refractivity contribution in [1.29, 1.82) is 0 Å². The number of benzene rings is 1. The van der Waals surface area contributed by atoms with Crippen LogP contribution < -0.4 is 11.1 Å². The van der Waals surface area contributed by atoms with Crippen LogP contribution in [0.2, 0.25) is 5.02 Å². The van der Waals surface area contributed by atoms with E-state index in [0.29, 0.717) is 23.8 Å². The second kappa shape index (κ2) is 6.56. The first-order valence-electron chi connectivity index (χ1n) is 6.61. The highest BCUT2D eigenvalue weighted by molar-refractivity contribution is 7.09. The minimum absolute atomic E-state index is 0.173. The Morgan fingerprint density at radius 1 is 1.38 bits per heavy atom. The molecule has 2 aromatic rings. The first-order chi connectivity index (χ1) is 9.92. The summed E-state index contributed by atoms with van der Waals surface area (Å²) in [4.78, 5) is 16.3. The Kier molecular flexibility index (Phi) is 4.98. The molecule has 0 fully saturated rings. The van der Waals surface area contributed by atoms with Crippen molar-refractivity contribution in [2.24, 2.45) is 5.73 Å². The Hall–Kier alpha value is -1.43. The number of carbonyl (C=O) groups is 1. The molecule has 6 heteroatoms. The van der Waals surface area contributed by atoms with Crippen LogP contribution in [0.3, 0.4) is 0 Å². The average molecular weight is 324 g/mol. The van der Waals surface area contributed by atoms with Crippen molar-refractivity contribution < 1.29 is 4.79 Å². The van der Waals surface area contributed by atoms with Gasteiger partial charge in [-0.15, -0.1) is 11.3 Å². The molecule has 0 aliphatic heterocycles. The number of rotatable bonds is 5. The van der Waals surface area contributed by atoms with E-state index in [1.807, 2.05) is 24.3 Å². The number of hydrogen-bond acceptors (Lipinski definition) is 4. The van der Waals surface area contributed by atoms with E-state index < -0.39 is 0 Å². The van der Waals surface area contributed by atoms with E-state index in [9.17, 15) is 4.79 Å². The van der Waals surface area contributed by atoms with Crippen LogP contribution in [0, 0.1) is 0 Å². The molecule has 0 saturated heterocycles. The molecule has 0 spiro atoms. The first-order valence-corrected chi connectivity index (χ1v) is 7.87. The minimum Gasteiger partial charge on any atom is -0.350 e. The average Bonchev–Trinajstić information content (AvgIpc) is 2.94. The van der Waals surface area contributed by atoms with Gasteiger partial charge in [-0.05, 0) is 17.7 Å². The van der Waals surface area contributed by atoms with Gasteiger partial charge in [0.15, 0.2) is 0 Å². The van der Waals surface area contributed by atoms with E-state index in [1.54, 1.807) is 5.38 Å². The maximum Gasteiger partial charge on any atom is 0.270 e.